The monoisotopic (exact) mass is 413 g/mol. The van der Waals surface area contributed by atoms with Gasteiger partial charge in [-0.2, -0.15) is 0 Å². The fourth-order valence-electron chi connectivity index (χ4n) is 3.87. The topological polar surface area (TPSA) is 57.4 Å². The highest BCUT2D eigenvalue weighted by Gasteiger charge is 2.06. The molecule has 3 radical (unpaired) electrons. The van der Waals surface area contributed by atoms with Gasteiger partial charge < -0.3 is 9.97 Å². The number of aromatic amines is 2. The van der Waals surface area contributed by atoms with Gasteiger partial charge in [0.2, 0.25) is 0 Å². The van der Waals surface area contributed by atoms with Crippen LogP contribution >= 0.6 is 0 Å². The van der Waals surface area contributed by atoms with Crippen LogP contribution < -0.4 is 0 Å². The number of rotatable bonds is 1. The molecule has 31 heavy (non-hydrogen) atoms. The van der Waals surface area contributed by atoms with Crippen LogP contribution in [-0.4, -0.2) is 37.3 Å². The number of aromatic nitrogens is 4. The van der Waals surface area contributed by atoms with Gasteiger partial charge in [0.25, 0.3) is 0 Å². The minimum Gasteiger partial charge on any atom is -0.355 e. The van der Waals surface area contributed by atoms with E-state index in [2.05, 4.69) is 70.6 Å². The molecule has 6 rings (SSSR count). The predicted molar refractivity (Wildman–Crippen MR) is 130 cm³/mol. The van der Waals surface area contributed by atoms with E-state index < -0.39 is 0 Å². The van der Waals surface area contributed by atoms with E-state index in [1.54, 1.807) is 0 Å². The third-order valence-electron chi connectivity index (χ3n) is 5.25. The van der Waals surface area contributed by atoms with Crippen molar-refractivity contribution in [3.63, 3.8) is 0 Å². The molecule has 2 N–H and O–H groups in total. The van der Waals surface area contributed by atoms with E-state index in [-0.39, 0.29) is 17.4 Å². The molecule has 4 nitrogen and oxygen atoms in total. The number of fused-ring (bicyclic) bond motifs is 8. The number of hydrogen-bond donors (Lipinski definition) is 2. The minimum atomic E-state index is 0. The van der Waals surface area contributed by atoms with Gasteiger partial charge in [-0.05, 0) is 72.3 Å². The maximum Gasteiger partial charge on any atom is 0.0658 e. The van der Waals surface area contributed by atoms with Crippen LogP contribution in [0.25, 0.3) is 57.5 Å². The fraction of sp³-hybridized carbons (Fsp3) is 0. The molecule has 0 fully saturated rings. The molecule has 0 aliphatic carbocycles. The van der Waals surface area contributed by atoms with Crippen molar-refractivity contribution in [2.24, 2.45) is 0 Å². The molecule has 4 aromatic rings. The lowest BCUT2D eigenvalue weighted by Crippen LogP contribution is -1.77. The summed E-state index contributed by atoms with van der Waals surface area (Å²) in [4.78, 5) is 16.5. The van der Waals surface area contributed by atoms with Gasteiger partial charge in [0.05, 0.1) is 22.8 Å². The summed E-state index contributed by atoms with van der Waals surface area (Å²) in [5, 5.41) is 0. The molecule has 5 heteroatoms. The van der Waals surface area contributed by atoms with Gasteiger partial charge in [-0.1, -0.05) is 30.3 Å². The quantitative estimate of drug-likeness (QED) is 0.328. The molecule has 2 aliphatic heterocycles. The molecule has 0 atom stereocenters. The maximum atomic E-state index is 4.77. The Morgan fingerprint density at radius 3 is 1.68 bits per heavy atom. The standard InChI is InChI=1S/C26H18N4.Al/c1-2-4-17(5-3-1)25-15-24-14-22-9-8-20(28-22)12-18-6-7-19(27-18)13-21-10-11-23(29-21)16-26(25)30-24;/h1-16,27,30H;. The molecule has 5 heterocycles. The normalized spacial score (nSPS) is 12.0. The number of hydrogen-bond acceptors (Lipinski definition) is 2. The van der Waals surface area contributed by atoms with E-state index in [0.29, 0.717) is 0 Å². The van der Waals surface area contributed by atoms with Gasteiger partial charge in [0.15, 0.2) is 0 Å². The zero-order valence-electron chi connectivity index (χ0n) is 16.7. The van der Waals surface area contributed by atoms with Crippen molar-refractivity contribution >= 4 is 63.7 Å². The van der Waals surface area contributed by atoms with Crippen LogP contribution in [0, 0.1) is 0 Å². The third kappa shape index (κ3) is 3.89. The van der Waals surface area contributed by atoms with Crippen molar-refractivity contribution < 1.29 is 0 Å². The SMILES string of the molecule is C1=Cc2cc3cc(-c4ccccc4)c(cc4nc(cc5ccc(cc1n2)[nH]5)C=C4)[nH]3.[Al]. The van der Waals surface area contributed by atoms with E-state index in [0.717, 1.165) is 50.4 Å². The van der Waals surface area contributed by atoms with Gasteiger partial charge in [-0.3, -0.25) is 0 Å². The summed E-state index contributed by atoms with van der Waals surface area (Å²) < 4.78 is 0. The molecule has 1 aromatic carbocycles. The van der Waals surface area contributed by atoms with Gasteiger partial charge >= 0.3 is 0 Å². The van der Waals surface area contributed by atoms with Gasteiger partial charge in [0, 0.05) is 45.0 Å². The smallest absolute Gasteiger partial charge is 0.0658 e. The van der Waals surface area contributed by atoms with E-state index in [4.69, 9.17) is 9.97 Å². The van der Waals surface area contributed by atoms with Crippen LogP contribution in [0.5, 0.6) is 0 Å². The molecule has 0 saturated heterocycles. The van der Waals surface area contributed by atoms with Gasteiger partial charge in [-0.25, -0.2) is 9.97 Å². The molecule has 2 aliphatic rings. The summed E-state index contributed by atoms with van der Waals surface area (Å²) in [6.45, 7) is 0. The number of benzene rings is 1. The molecule has 0 amide bonds. The molecular formula is C26H18AlN4. The second kappa shape index (κ2) is 7.88. The summed E-state index contributed by atoms with van der Waals surface area (Å²) in [5.74, 6) is 0. The zero-order valence-corrected chi connectivity index (χ0v) is 17.9. The Morgan fingerprint density at radius 1 is 0.516 bits per heavy atom. The molecule has 3 aromatic heterocycles. The van der Waals surface area contributed by atoms with Crippen LogP contribution in [0.15, 0.2) is 72.8 Å². The molecule has 0 saturated carbocycles. The average molecular weight is 413 g/mol. The Labute approximate surface area is 190 Å². The van der Waals surface area contributed by atoms with Crippen LogP contribution in [0.3, 0.4) is 0 Å². The van der Waals surface area contributed by atoms with Crippen LogP contribution in [-0.2, 0) is 0 Å². The predicted octanol–water partition coefficient (Wildman–Crippen LogP) is 5.94. The van der Waals surface area contributed by atoms with Crippen molar-refractivity contribution in [2.75, 3.05) is 0 Å². The van der Waals surface area contributed by atoms with E-state index >= 15 is 0 Å². The van der Waals surface area contributed by atoms with Gasteiger partial charge in [-0.15, -0.1) is 0 Å². The largest absolute Gasteiger partial charge is 0.355 e. The molecule has 0 spiro atoms. The second-order valence-corrected chi connectivity index (χ2v) is 7.45. The highest BCUT2D eigenvalue weighted by molar-refractivity contribution is 5.87. The first-order valence-corrected chi connectivity index (χ1v) is 9.92. The summed E-state index contributed by atoms with van der Waals surface area (Å²) in [5.41, 5.74) is 10.1. The first kappa shape index (κ1) is 19.3. The lowest BCUT2D eigenvalue weighted by atomic mass is 10.1. The van der Waals surface area contributed by atoms with Crippen LogP contribution in [0.4, 0.5) is 0 Å². The highest BCUT2D eigenvalue weighted by atomic mass is 27.0. The van der Waals surface area contributed by atoms with Crippen molar-refractivity contribution in [2.45, 2.75) is 0 Å². The Balaban J connectivity index is 0.00000204. The minimum absolute atomic E-state index is 0. The fourth-order valence-corrected chi connectivity index (χ4v) is 3.87. The van der Waals surface area contributed by atoms with Crippen molar-refractivity contribution in [1.82, 2.24) is 19.9 Å². The Kier molecular flexibility index (Phi) is 4.91. The van der Waals surface area contributed by atoms with Crippen LogP contribution in [0.1, 0.15) is 22.8 Å². The number of H-pyrrole nitrogens is 2. The average Bonchev–Trinajstić information content (AvgIpc) is 3.53. The Bertz CT molecular complexity index is 1490. The lowest BCUT2D eigenvalue weighted by Gasteiger charge is -1.97. The van der Waals surface area contributed by atoms with Crippen molar-refractivity contribution in [1.29, 1.82) is 0 Å². The van der Waals surface area contributed by atoms with Crippen molar-refractivity contribution in [3.8, 4) is 11.1 Å². The van der Waals surface area contributed by atoms with E-state index in [9.17, 15) is 0 Å². The first-order chi connectivity index (χ1) is 14.8. The Morgan fingerprint density at radius 2 is 1.06 bits per heavy atom. The third-order valence-corrected chi connectivity index (χ3v) is 5.25. The summed E-state index contributed by atoms with van der Waals surface area (Å²) in [6, 6.07) is 25.0. The summed E-state index contributed by atoms with van der Waals surface area (Å²) in [6.07, 6.45) is 8.16. The number of nitrogens with zero attached hydrogens (tertiary/aromatic N) is 2. The van der Waals surface area contributed by atoms with Crippen LogP contribution in [0.2, 0.25) is 0 Å². The van der Waals surface area contributed by atoms with Crippen molar-refractivity contribution in [3.05, 3.63) is 95.6 Å². The molecular weight excluding hydrogens is 395 g/mol. The highest BCUT2D eigenvalue weighted by Crippen LogP contribution is 2.27. The molecule has 145 valence electrons. The number of nitrogens with one attached hydrogen (secondary N) is 2. The van der Waals surface area contributed by atoms with Gasteiger partial charge in [0.1, 0.15) is 0 Å². The summed E-state index contributed by atoms with van der Waals surface area (Å²) in [7, 11) is 0. The first-order valence-electron chi connectivity index (χ1n) is 9.92. The molecule has 8 bridgehead atoms. The summed E-state index contributed by atoms with van der Waals surface area (Å²) >= 11 is 0. The zero-order chi connectivity index (χ0) is 19.9. The second-order valence-electron chi connectivity index (χ2n) is 7.45. The maximum absolute atomic E-state index is 4.77. The lowest BCUT2D eigenvalue weighted by molar-refractivity contribution is 1.31. The molecule has 0 unspecified atom stereocenters. The van der Waals surface area contributed by atoms with E-state index in [1.165, 1.54) is 5.56 Å². The van der Waals surface area contributed by atoms with E-state index in [1.807, 2.05) is 36.4 Å². The Hall–Kier alpha value is -3.65.